The summed E-state index contributed by atoms with van der Waals surface area (Å²) in [6.07, 6.45) is 0. The smallest absolute Gasteiger partial charge is 0.260 e. The summed E-state index contributed by atoms with van der Waals surface area (Å²) in [6.45, 7) is -0.268. The van der Waals surface area contributed by atoms with Crippen molar-refractivity contribution in [2.45, 2.75) is 0 Å². The Morgan fingerprint density at radius 3 is 2.54 bits per heavy atom. The maximum Gasteiger partial charge on any atom is 0.260 e. The molecule has 0 bridgehead atoms. The molecule has 0 heterocycles. The number of nitrogens with zero attached hydrogens (tertiary/aromatic N) is 1. The topological polar surface area (TPSA) is 67.9 Å². The van der Waals surface area contributed by atoms with Crippen molar-refractivity contribution in [3.05, 3.63) is 51.1 Å². The summed E-state index contributed by atoms with van der Waals surface area (Å²) in [5.41, 5.74) is 0.445. The van der Waals surface area contributed by atoms with Crippen LogP contribution in [0.25, 0.3) is 0 Å². The minimum Gasteiger partial charge on any atom is -0.495 e. The van der Waals surface area contributed by atoms with E-state index in [0.717, 1.165) is 3.57 Å². The average Bonchev–Trinajstić information content (AvgIpc) is 2.61. The summed E-state index contributed by atoms with van der Waals surface area (Å²) < 4.78 is 11.7. The quantitative estimate of drug-likeness (QED) is 0.607. The Hall–Kier alpha value is -2.00. The fraction of sp³-hybridized carbons (Fsp3) is 0.222. The van der Waals surface area contributed by atoms with Crippen molar-refractivity contribution in [2.75, 3.05) is 32.6 Å². The Morgan fingerprint density at radius 2 is 1.88 bits per heavy atom. The highest BCUT2D eigenvalue weighted by atomic mass is 127. The van der Waals surface area contributed by atoms with Crippen LogP contribution in [-0.2, 0) is 9.59 Å². The molecule has 8 heteroatoms. The van der Waals surface area contributed by atoms with E-state index in [0.29, 0.717) is 22.2 Å². The molecule has 2 amide bonds. The van der Waals surface area contributed by atoms with E-state index in [4.69, 9.17) is 21.1 Å². The zero-order valence-corrected chi connectivity index (χ0v) is 17.2. The summed E-state index contributed by atoms with van der Waals surface area (Å²) in [6, 6.07) is 12.2. The molecule has 1 N–H and O–H groups in total. The predicted octanol–water partition coefficient (Wildman–Crippen LogP) is 3.43. The third-order valence-corrected chi connectivity index (χ3v) is 4.37. The second kappa shape index (κ2) is 9.63. The van der Waals surface area contributed by atoms with E-state index in [1.165, 1.54) is 19.1 Å². The van der Waals surface area contributed by atoms with Crippen LogP contribution in [0.2, 0.25) is 5.02 Å². The van der Waals surface area contributed by atoms with Gasteiger partial charge in [0.2, 0.25) is 5.91 Å². The Morgan fingerprint density at radius 1 is 1.19 bits per heavy atom. The van der Waals surface area contributed by atoms with Crippen LogP contribution in [0.15, 0.2) is 42.5 Å². The lowest BCUT2D eigenvalue weighted by molar-refractivity contribution is -0.135. The van der Waals surface area contributed by atoms with Gasteiger partial charge in [-0.2, -0.15) is 0 Å². The number of hydrogen-bond donors (Lipinski definition) is 1. The van der Waals surface area contributed by atoms with Crippen molar-refractivity contribution in [3.63, 3.8) is 0 Å². The van der Waals surface area contributed by atoms with Gasteiger partial charge in [0.25, 0.3) is 5.91 Å². The second-order valence-corrected chi connectivity index (χ2v) is 7.07. The monoisotopic (exact) mass is 488 g/mol. The molecule has 0 fully saturated rings. The molecule has 0 saturated carbocycles. The van der Waals surface area contributed by atoms with Crippen LogP contribution in [0, 0.1) is 3.57 Å². The van der Waals surface area contributed by atoms with E-state index < -0.39 is 0 Å². The molecular formula is C18H18ClIN2O4. The van der Waals surface area contributed by atoms with E-state index in [1.54, 1.807) is 30.3 Å². The number of anilines is 1. The summed E-state index contributed by atoms with van der Waals surface area (Å²) in [5, 5.41) is 3.15. The number of hydrogen-bond acceptors (Lipinski definition) is 4. The predicted molar refractivity (Wildman–Crippen MR) is 109 cm³/mol. The van der Waals surface area contributed by atoms with Crippen molar-refractivity contribution >= 4 is 51.7 Å². The van der Waals surface area contributed by atoms with Crippen LogP contribution < -0.4 is 14.8 Å². The van der Waals surface area contributed by atoms with Gasteiger partial charge in [0.05, 0.1) is 19.3 Å². The maximum atomic E-state index is 12.2. The van der Waals surface area contributed by atoms with Crippen LogP contribution in [0.4, 0.5) is 5.69 Å². The summed E-state index contributed by atoms with van der Waals surface area (Å²) >= 11 is 8.12. The van der Waals surface area contributed by atoms with Gasteiger partial charge in [0.1, 0.15) is 11.5 Å². The normalized spacial score (nSPS) is 10.2. The van der Waals surface area contributed by atoms with Crippen LogP contribution in [0.3, 0.4) is 0 Å². The Balaban J connectivity index is 1.87. The van der Waals surface area contributed by atoms with E-state index in [9.17, 15) is 9.59 Å². The summed E-state index contributed by atoms with van der Waals surface area (Å²) in [4.78, 5) is 25.6. The molecule has 2 rings (SSSR count). The van der Waals surface area contributed by atoms with Gasteiger partial charge in [-0.25, -0.2) is 0 Å². The summed E-state index contributed by atoms with van der Waals surface area (Å²) in [7, 11) is 3.03. The molecule has 0 saturated heterocycles. The number of amides is 2. The van der Waals surface area contributed by atoms with Gasteiger partial charge < -0.3 is 19.7 Å². The third-order valence-electron chi connectivity index (χ3n) is 3.42. The molecular weight excluding hydrogens is 471 g/mol. The van der Waals surface area contributed by atoms with E-state index in [2.05, 4.69) is 27.9 Å². The molecule has 0 unspecified atom stereocenters. The number of carbonyl (C=O) groups excluding carboxylic acids is 2. The van der Waals surface area contributed by atoms with E-state index in [-0.39, 0.29) is 25.0 Å². The second-order valence-electron chi connectivity index (χ2n) is 5.39. The number of methoxy groups -OCH3 is 1. The molecule has 0 aliphatic heterocycles. The largest absolute Gasteiger partial charge is 0.495 e. The molecule has 0 aliphatic carbocycles. The SMILES string of the molecule is COc1ccc(Cl)cc1NC(=O)CN(C)C(=O)COc1ccc(I)cc1. The lowest BCUT2D eigenvalue weighted by atomic mass is 10.3. The van der Waals surface area contributed by atoms with Crippen molar-refractivity contribution < 1.29 is 19.1 Å². The van der Waals surface area contributed by atoms with Gasteiger partial charge >= 0.3 is 0 Å². The first-order valence-electron chi connectivity index (χ1n) is 7.64. The first-order valence-corrected chi connectivity index (χ1v) is 9.10. The fourth-order valence-electron chi connectivity index (χ4n) is 2.06. The minimum absolute atomic E-state index is 0.120. The highest BCUT2D eigenvalue weighted by Crippen LogP contribution is 2.27. The number of benzene rings is 2. The van der Waals surface area contributed by atoms with E-state index >= 15 is 0 Å². The first kappa shape index (κ1) is 20.3. The highest BCUT2D eigenvalue weighted by molar-refractivity contribution is 14.1. The number of carbonyl (C=O) groups is 2. The van der Waals surface area contributed by atoms with Crippen LogP contribution in [-0.4, -0.2) is 44.0 Å². The average molecular weight is 489 g/mol. The Kier molecular flexibility index (Phi) is 7.52. The Bertz CT molecular complexity index is 783. The number of ether oxygens (including phenoxy) is 2. The molecule has 0 aliphatic rings. The van der Waals surface area contributed by atoms with Crippen LogP contribution >= 0.6 is 34.2 Å². The maximum absolute atomic E-state index is 12.2. The van der Waals surface area contributed by atoms with Crippen molar-refractivity contribution in [2.24, 2.45) is 0 Å². The zero-order valence-electron chi connectivity index (χ0n) is 14.3. The molecule has 0 spiro atoms. The number of halogens is 2. The van der Waals surface area contributed by atoms with Gasteiger partial charge in [-0.05, 0) is 65.1 Å². The molecule has 0 aromatic heterocycles. The van der Waals surface area contributed by atoms with Crippen molar-refractivity contribution in [1.82, 2.24) is 4.90 Å². The lowest BCUT2D eigenvalue weighted by Crippen LogP contribution is -2.37. The fourth-order valence-corrected chi connectivity index (χ4v) is 2.59. The van der Waals surface area contributed by atoms with Crippen molar-refractivity contribution in [1.29, 1.82) is 0 Å². The standard InChI is InChI=1S/C18H18ClIN2O4/c1-22(18(24)11-26-14-6-4-13(20)5-7-14)10-17(23)21-15-9-12(19)3-8-16(15)25-2/h3-9H,10-11H2,1-2H3,(H,21,23). The highest BCUT2D eigenvalue weighted by Gasteiger charge is 2.15. The van der Waals surface area contributed by atoms with Gasteiger partial charge in [-0.1, -0.05) is 11.6 Å². The van der Waals surface area contributed by atoms with Gasteiger partial charge in [-0.3, -0.25) is 9.59 Å². The first-order chi connectivity index (χ1) is 12.4. The number of rotatable bonds is 7. The molecule has 6 nitrogen and oxygen atoms in total. The molecule has 0 radical (unpaired) electrons. The molecule has 2 aromatic rings. The van der Waals surface area contributed by atoms with Crippen LogP contribution in [0.5, 0.6) is 11.5 Å². The lowest BCUT2D eigenvalue weighted by Gasteiger charge is -2.18. The number of likely N-dealkylation sites (N-methyl/N-ethyl adjacent to an activating group) is 1. The molecule has 2 aromatic carbocycles. The van der Waals surface area contributed by atoms with Gasteiger partial charge in [0, 0.05) is 15.6 Å². The van der Waals surface area contributed by atoms with Gasteiger partial charge in [-0.15, -0.1) is 0 Å². The third kappa shape index (κ3) is 6.06. The van der Waals surface area contributed by atoms with Gasteiger partial charge in [0.15, 0.2) is 6.61 Å². The molecule has 0 atom stereocenters. The van der Waals surface area contributed by atoms with Crippen LogP contribution in [0.1, 0.15) is 0 Å². The molecule has 138 valence electrons. The van der Waals surface area contributed by atoms with E-state index in [1.807, 2.05) is 12.1 Å². The van der Waals surface area contributed by atoms with Crippen molar-refractivity contribution in [3.8, 4) is 11.5 Å². The minimum atomic E-state index is -0.365. The summed E-state index contributed by atoms with van der Waals surface area (Å²) in [5.74, 6) is 0.409. The number of nitrogens with one attached hydrogen (secondary N) is 1. The molecule has 26 heavy (non-hydrogen) atoms. The Labute approximate surface area is 170 Å². The zero-order chi connectivity index (χ0) is 19.1.